The first-order valence-electron chi connectivity index (χ1n) is 9.68. The van der Waals surface area contributed by atoms with Crippen LogP contribution in [0.2, 0.25) is 0 Å². The third-order valence-corrected chi connectivity index (χ3v) is 4.30. The minimum Gasteiger partial charge on any atom is -0.494 e. The van der Waals surface area contributed by atoms with Gasteiger partial charge < -0.3 is 19.8 Å². The van der Waals surface area contributed by atoms with Crippen molar-refractivity contribution in [3.8, 4) is 5.75 Å². The number of hydrogen-bond donors (Lipinski definition) is 2. The predicted octanol–water partition coefficient (Wildman–Crippen LogP) is 4.07. The van der Waals surface area contributed by atoms with E-state index in [1.165, 1.54) is 12.3 Å². The van der Waals surface area contributed by atoms with Gasteiger partial charge in [0, 0.05) is 18.2 Å². The van der Waals surface area contributed by atoms with E-state index in [-0.39, 0.29) is 18.1 Å². The number of furan rings is 1. The Bertz CT molecular complexity index is 1020. The molecule has 0 atom stereocenters. The number of aryl methyl sites for hydroxylation is 1. The number of carbonyl (C=O) groups excluding carboxylic acids is 2. The molecule has 2 amide bonds. The quantitative estimate of drug-likeness (QED) is 0.555. The van der Waals surface area contributed by atoms with Crippen molar-refractivity contribution in [2.45, 2.75) is 20.4 Å². The van der Waals surface area contributed by atoms with Gasteiger partial charge in [-0.05, 0) is 55.8 Å². The van der Waals surface area contributed by atoms with Gasteiger partial charge in [-0.15, -0.1) is 0 Å². The second kappa shape index (κ2) is 10.1. The molecule has 0 spiro atoms. The van der Waals surface area contributed by atoms with Gasteiger partial charge in [0.25, 0.3) is 11.8 Å². The van der Waals surface area contributed by atoms with Gasteiger partial charge in [-0.3, -0.25) is 9.59 Å². The second-order valence-corrected chi connectivity index (χ2v) is 6.66. The van der Waals surface area contributed by atoms with Gasteiger partial charge in [0.2, 0.25) is 0 Å². The van der Waals surface area contributed by atoms with E-state index in [0.29, 0.717) is 17.9 Å². The van der Waals surface area contributed by atoms with E-state index in [9.17, 15) is 9.59 Å². The maximum Gasteiger partial charge on any atom is 0.268 e. The highest BCUT2D eigenvalue weighted by Gasteiger charge is 2.15. The Balaban J connectivity index is 1.73. The highest BCUT2D eigenvalue weighted by Crippen LogP contribution is 2.14. The van der Waals surface area contributed by atoms with E-state index in [4.69, 9.17) is 9.15 Å². The summed E-state index contributed by atoms with van der Waals surface area (Å²) in [5.41, 5.74) is 2.49. The summed E-state index contributed by atoms with van der Waals surface area (Å²) < 4.78 is 10.8. The van der Waals surface area contributed by atoms with E-state index >= 15 is 0 Å². The zero-order chi connectivity index (χ0) is 21.3. The van der Waals surface area contributed by atoms with Crippen molar-refractivity contribution in [1.29, 1.82) is 0 Å². The Hall–Kier alpha value is -3.80. The first kappa shape index (κ1) is 20.9. The Kier molecular flexibility index (Phi) is 7.05. The van der Waals surface area contributed by atoms with Gasteiger partial charge in [0.15, 0.2) is 0 Å². The molecule has 2 N–H and O–H groups in total. The van der Waals surface area contributed by atoms with Gasteiger partial charge >= 0.3 is 0 Å². The molecule has 0 aliphatic rings. The molecule has 30 heavy (non-hydrogen) atoms. The van der Waals surface area contributed by atoms with Crippen molar-refractivity contribution in [3.05, 3.63) is 95.1 Å². The lowest BCUT2D eigenvalue weighted by atomic mass is 10.1. The van der Waals surface area contributed by atoms with Crippen molar-refractivity contribution in [3.63, 3.8) is 0 Å². The molecule has 6 heteroatoms. The third kappa shape index (κ3) is 5.85. The van der Waals surface area contributed by atoms with Crippen LogP contribution in [-0.2, 0) is 11.3 Å². The minimum absolute atomic E-state index is 0.0940. The smallest absolute Gasteiger partial charge is 0.268 e. The fraction of sp³-hybridized carbons (Fsp3) is 0.167. The summed E-state index contributed by atoms with van der Waals surface area (Å²) in [6.45, 7) is 4.71. The van der Waals surface area contributed by atoms with Crippen LogP contribution in [0.3, 0.4) is 0 Å². The summed E-state index contributed by atoms with van der Waals surface area (Å²) in [6, 6.07) is 18.0. The van der Waals surface area contributed by atoms with Gasteiger partial charge in [0.05, 0.1) is 12.9 Å². The highest BCUT2D eigenvalue weighted by atomic mass is 16.5. The molecule has 6 nitrogen and oxygen atoms in total. The lowest BCUT2D eigenvalue weighted by Crippen LogP contribution is -2.34. The van der Waals surface area contributed by atoms with Gasteiger partial charge in [-0.1, -0.05) is 29.8 Å². The Morgan fingerprint density at radius 2 is 1.87 bits per heavy atom. The van der Waals surface area contributed by atoms with E-state index in [2.05, 4.69) is 10.6 Å². The van der Waals surface area contributed by atoms with E-state index in [0.717, 1.165) is 16.9 Å². The van der Waals surface area contributed by atoms with E-state index < -0.39 is 5.91 Å². The molecular formula is C24H24N2O4. The van der Waals surface area contributed by atoms with Crippen LogP contribution in [0.4, 0.5) is 0 Å². The molecule has 0 aliphatic carbocycles. The normalized spacial score (nSPS) is 11.1. The molecule has 1 heterocycles. The van der Waals surface area contributed by atoms with Gasteiger partial charge in [0.1, 0.15) is 17.2 Å². The predicted molar refractivity (Wildman–Crippen MR) is 115 cm³/mol. The first-order chi connectivity index (χ1) is 14.5. The van der Waals surface area contributed by atoms with Crippen LogP contribution >= 0.6 is 0 Å². The standard InChI is InChI=1S/C24H24N2O4/c1-3-29-20-7-4-6-18(14-20)16-25-24(28)22(15-21-8-5-13-30-21)26-23(27)19-11-9-17(2)10-12-19/h4-15H,3,16H2,1-2H3,(H,25,28)(H,26,27)/b22-15-. The summed E-state index contributed by atoms with van der Waals surface area (Å²) >= 11 is 0. The second-order valence-electron chi connectivity index (χ2n) is 6.66. The fourth-order valence-corrected chi connectivity index (χ4v) is 2.76. The molecule has 0 bridgehead atoms. The Morgan fingerprint density at radius 1 is 1.07 bits per heavy atom. The molecule has 0 radical (unpaired) electrons. The number of nitrogens with one attached hydrogen (secondary N) is 2. The molecule has 3 aromatic rings. The molecule has 0 aliphatic heterocycles. The summed E-state index contributed by atoms with van der Waals surface area (Å²) in [7, 11) is 0. The fourth-order valence-electron chi connectivity index (χ4n) is 2.76. The number of benzene rings is 2. The van der Waals surface area contributed by atoms with Crippen molar-refractivity contribution in [2.24, 2.45) is 0 Å². The zero-order valence-electron chi connectivity index (χ0n) is 17.0. The number of hydrogen-bond acceptors (Lipinski definition) is 4. The minimum atomic E-state index is -0.423. The number of rotatable bonds is 8. The lowest BCUT2D eigenvalue weighted by molar-refractivity contribution is -0.117. The van der Waals surface area contributed by atoms with E-state index in [1.54, 1.807) is 24.3 Å². The largest absolute Gasteiger partial charge is 0.494 e. The zero-order valence-corrected chi connectivity index (χ0v) is 17.0. The summed E-state index contributed by atoms with van der Waals surface area (Å²) in [4.78, 5) is 25.4. The summed E-state index contributed by atoms with van der Waals surface area (Å²) in [5.74, 6) is 0.404. The molecule has 2 aromatic carbocycles. The van der Waals surface area contributed by atoms with Gasteiger partial charge in [-0.25, -0.2) is 0 Å². The van der Waals surface area contributed by atoms with Crippen molar-refractivity contribution in [1.82, 2.24) is 10.6 Å². The number of carbonyl (C=O) groups is 2. The monoisotopic (exact) mass is 404 g/mol. The van der Waals surface area contributed by atoms with Crippen molar-refractivity contribution < 1.29 is 18.7 Å². The molecule has 0 saturated carbocycles. The van der Waals surface area contributed by atoms with Crippen LogP contribution in [0.5, 0.6) is 5.75 Å². The van der Waals surface area contributed by atoms with Crippen LogP contribution in [0, 0.1) is 6.92 Å². The molecule has 0 saturated heterocycles. The first-order valence-corrected chi connectivity index (χ1v) is 9.68. The molecule has 0 fully saturated rings. The van der Waals surface area contributed by atoms with E-state index in [1.807, 2.05) is 50.2 Å². The average molecular weight is 404 g/mol. The topological polar surface area (TPSA) is 80.6 Å². The maximum atomic E-state index is 12.8. The van der Waals surface area contributed by atoms with Crippen LogP contribution in [0.25, 0.3) is 6.08 Å². The van der Waals surface area contributed by atoms with Crippen LogP contribution in [-0.4, -0.2) is 18.4 Å². The summed E-state index contributed by atoms with van der Waals surface area (Å²) in [6.07, 6.45) is 3.00. The molecule has 3 rings (SSSR count). The Labute approximate surface area is 175 Å². The van der Waals surface area contributed by atoms with Crippen LogP contribution in [0.1, 0.15) is 34.2 Å². The Morgan fingerprint density at radius 3 is 2.57 bits per heavy atom. The maximum absolute atomic E-state index is 12.8. The highest BCUT2D eigenvalue weighted by molar-refractivity contribution is 6.05. The summed E-state index contributed by atoms with van der Waals surface area (Å²) in [5, 5.41) is 5.51. The van der Waals surface area contributed by atoms with Crippen molar-refractivity contribution >= 4 is 17.9 Å². The lowest BCUT2D eigenvalue weighted by Gasteiger charge is -2.12. The molecule has 0 unspecified atom stereocenters. The molecule has 154 valence electrons. The number of ether oxygens (including phenoxy) is 1. The molecular weight excluding hydrogens is 380 g/mol. The van der Waals surface area contributed by atoms with Crippen molar-refractivity contribution in [2.75, 3.05) is 6.61 Å². The molecule has 1 aromatic heterocycles. The average Bonchev–Trinajstić information content (AvgIpc) is 3.26. The SMILES string of the molecule is CCOc1cccc(CNC(=O)/C(=C/c2ccco2)NC(=O)c2ccc(C)cc2)c1. The van der Waals surface area contributed by atoms with Gasteiger partial charge in [-0.2, -0.15) is 0 Å². The van der Waals surface area contributed by atoms with Crippen LogP contribution in [0.15, 0.2) is 77.0 Å². The van der Waals surface area contributed by atoms with Crippen LogP contribution < -0.4 is 15.4 Å². The third-order valence-electron chi connectivity index (χ3n) is 4.30. The number of amides is 2.